The highest BCUT2D eigenvalue weighted by atomic mass is 19.4. The quantitative estimate of drug-likeness (QED) is 0.375. The van der Waals surface area contributed by atoms with Crippen molar-refractivity contribution in [3.05, 3.63) is 59.2 Å². The molecule has 6 heteroatoms. The zero-order chi connectivity index (χ0) is 23.7. The third-order valence-electron chi connectivity index (χ3n) is 6.27. The summed E-state index contributed by atoms with van der Waals surface area (Å²) in [5.74, 6) is 0.0573. The molecule has 0 aliphatic carbocycles. The van der Waals surface area contributed by atoms with Crippen LogP contribution in [0.1, 0.15) is 75.0 Å². The van der Waals surface area contributed by atoms with Gasteiger partial charge in [-0.15, -0.1) is 0 Å². The number of unbranched alkanes of at least 4 members (excludes halogenated alkanes) is 3. The fourth-order valence-corrected chi connectivity index (χ4v) is 4.31. The fourth-order valence-electron chi connectivity index (χ4n) is 4.31. The highest BCUT2D eigenvalue weighted by Gasteiger charge is 2.29. The van der Waals surface area contributed by atoms with Crippen LogP contribution in [0.25, 0.3) is 0 Å². The molecule has 0 unspecified atom stereocenters. The summed E-state index contributed by atoms with van der Waals surface area (Å²) in [6.07, 6.45) is 5.42. The average molecular weight is 461 g/mol. The summed E-state index contributed by atoms with van der Waals surface area (Å²) in [5, 5.41) is 3.12. The second kappa shape index (κ2) is 12.1. The molecule has 2 aromatic rings. The van der Waals surface area contributed by atoms with Gasteiger partial charge in [0, 0.05) is 19.5 Å². The summed E-state index contributed by atoms with van der Waals surface area (Å²) in [5.41, 5.74) is 3.30. The SMILES string of the molecule is CCCCCCC(=O)Nc1ccc(CCc2ccc(C(F)(F)F)cc2)cc1N1CCCCC1. The number of nitrogens with zero attached hydrogens (tertiary/aromatic N) is 1. The molecular weight excluding hydrogens is 425 g/mol. The fraction of sp³-hybridized carbons (Fsp3) is 0.519. The van der Waals surface area contributed by atoms with E-state index in [4.69, 9.17) is 0 Å². The molecule has 0 spiro atoms. The largest absolute Gasteiger partial charge is 0.416 e. The lowest BCUT2D eigenvalue weighted by molar-refractivity contribution is -0.137. The van der Waals surface area contributed by atoms with Gasteiger partial charge in [0.1, 0.15) is 0 Å². The van der Waals surface area contributed by atoms with E-state index in [9.17, 15) is 18.0 Å². The average Bonchev–Trinajstić information content (AvgIpc) is 2.81. The molecule has 3 nitrogen and oxygen atoms in total. The highest BCUT2D eigenvalue weighted by Crippen LogP contribution is 2.31. The molecule has 1 saturated heterocycles. The van der Waals surface area contributed by atoms with E-state index in [0.717, 1.165) is 92.7 Å². The van der Waals surface area contributed by atoms with Gasteiger partial charge in [0.25, 0.3) is 0 Å². The summed E-state index contributed by atoms with van der Waals surface area (Å²) in [6.45, 7) is 4.10. The number of anilines is 2. The molecule has 1 amide bonds. The lowest BCUT2D eigenvalue weighted by Crippen LogP contribution is -2.30. The summed E-state index contributed by atoms with van der Waals surface area (Å²) < 4.78 is 38.4. The minimum Gasteiger partial charge on any atom is -0.370 e. The normalized spacial score (nSPS) is 14.4. The molecule has 1 heterocycles. The van der Waals surface area contributed by atoms with E-state index in [1.54, 1.807) is 12.1 Å². The van der Waals surface area contributed by atoms with Crippen molar-refractivity contribution in [1.82, 2.24) is 0 Å². The van der Waals surface area contributed by atoms with Crippen LogP contribution in [0, 0.1) is 0 Å². The maximum absolute atomic E-state index is 12.8. The van der Waals surface area contributed by atoms with E-state index < -0.39 is 11.7 Å². The van der Waals surface area contributed by atoms with Crippen molar-refractivity contribution in [3.63, 3.8) is 0 Å². The van der Waals surface area contributed by atoms with E-state index in [1.807, 2.05) is 12.1 Å². The van der Waals surface area contributed by atoms with Crippen molar-refractivity contribution >= 4 is 17.3 Å². The second-order valence-corrected chi connectivity index (χ2v) is 8.95. The van der Waals surface area contributed by atoms with Gasteiger partial charge in [0.15, 0.2) is 0 Å². The first-order chi connectivity index (χ1) is 15.9. The van der Waals surface area contributed by atoms with Crippen molar-refractivity contribution in [2.45, 2.75) is 77.3 Å². The second-order valence-electron chi connectivity index (χ2n) is 8.95. The molecule has 3 rings (SSSR count). The van der Waals surface area contributed by atoms with Crippen LogP contribution in [-0.2, 0) is 23.8 Å². The monoisotopic (exact) mass is 460 g/mol. The highest BCUT2D eigenvalue weighted by molar-refractivity contribution is 5.94. The Kier molecular flexibility index (Phi) is 9.21. The number of alkyl halides is 3. The first kappa shape index (κ1) is 25.1. The number of carbonyl (C=O) groups is 1. The molecule has 1 aliphatic heterocycles. The Morgan fingerprint density at radius 3 is 2.24 bits per heavy atom. The Labute approximate surface area is 195 Å². The standard InChI is InChI=1S/C27H35F3N2O/c1-2-3-4-6-9-26(33)31-24-17-14-22(20-25(24)32-18-7-5-8-19-32)11-10-21-12-15-23(16-13-21)27(28,29)30/h12-17,20H,2-11,18-19H2,1H3,(H,31,33). The number of hydrogen-bond acceptors (Lipinski definition) is 2. The number of benzene rings is 2. The minimum atomic E-state index is -4.31. The third-order valence-corrected chi connectivity index (χ3v) is 6.27. The number of amides is 1. The van der Waals surface area contributed by atoms with Crippen molar-refractivity contribution in [1.29, 1.82) is 0 Å². The van der Waals surface area contributed by atoms with Crippen LogP contribution in [0.4, 0.5) is 24.5 Å². The number of rotatable bonds is 10. The van der Waals surface area contributed by atoms with E-state index >= 15 is 0 Å². The Morgan fingerprint density at radius 1 is 0.909 bits per heavy atom. The molecule has 0 radical (unpaired) electrons. The zero-order valence-electron chi connectivity index (χ0n) is 19.5. The molecular formula is C27H35F3N2O. The summed E-state index contributed by atoms with van der Waals surface area (Å²) in [7, 11) is 0. The molecule has 0 bridgehead atoms. The van der Waals surface area contributed by atoms with Crippen LogP contribution in [0.2, 0.25) is 0 Å². The third kappa shape index (κ3) is 7.79. The van der Waals surface area contributed by atoms with Crippen LogP contribution in [0.15, 0.2) is 42.5 Å². The lowest BCUT2D eigenvalue weighted by Gasteiger charge is -2.31. The van der Waals surface area contributed by atoms with Crippen molar-refractivity contribution in [2.75, 3.05) is 23.3 Å². The van der Waals surface area contributed by atoms with Crippen LogP contribution < -0.4 is 10.2 Å². The van der Waals surface area contributed by atoms with Gasteiger partial charge in [-0.05, 0) is 73.9 Å². The maximum Gasteiger partial charge on any atom is 0.416 e. The first-order valence-corrected chi connectivity index (χ1v) is 12.2. The van der Waals surface area contributed by atoms with Gasteiger partial charge in [-0.2, -0.15) is 13.2 Å². The Morgan fingerprint density at radius 2 is 1.58 bits per heavy atom. The molecule has 33 heavy (non-hydrogen) atoms. The van der Waals surface area contributed by atoms with Gasteiger partial charge >= 0.3 is 6.18 Å². The maximum atomic E-state index is 12.8. The van der Waals surface area contributed by atoms with E-state index in [1.165, 1.54) is 6.42 Å². The molecule has 1 aliphatic rings. The van der Waals surface area contributed by atoms with Crippen molar-refractivity contribution < 1.29 is 18.0 Å². The summed E-state index contributed by atoms with van der Waals surface area (Å²) in [6, 6.07) is 11.5. The van der Waals surface area contributed by atoms with Crippen LogP contribution >= 0.6 is 0 Å². The van der Waals surface area contributed by atoms with E-state index in [-0.39, 0.29) is 5.91 Å². The van der Waals surface area contributed by atoms with Crippen LogP contribution in [0.5, 0.6) is 0 Å². The topological polar surface area (TPSA) is 32.3 Å². The van der Waals surface area contributed by atoms with Crippen molar-refractivity contribution in [3.8, 4) is 0 Å². The zero-order valence-corrected chi connectivity index (χ0v) is 19.5. The van der Waals surface area contributed by atoms with Gasteiger partial charge < -0.3 is 10.2 Å². The van der Waals surface area contributed by atoms with Gasteiger partial charge in [-0.25, -0.2) is 0 Å². The smallest absolute Gasteiger partial charge is 0.370 e. The number of nitrogens with one attached hydrogen (secondary N) is 1. The number of piperidine rings is 1. The van der Waals surface area contributed by atoms with Crippen LogP contribution in [-0.4, -0.2) is 19.0 Å². The predicted molar refractivity (Wildman–Crippen MR) is 129 cm³/mol. The predicted octanol–water partition coefficient (Wildman–Crippen LogP) is 7.39. The van der Waals surface area contributed by atoms with Gasteiger partial charge in [-0.1, -0.05) is 44.4 Å². The number of aryl methyl sites for hydroxylation is 2. The van der Waals surface area contributed by atoms with Gasteiger partial charge in [-0.3, -0.25) is 4.79 Å². The molecule has 0 saturated carbocycles. The Hall–Kier alpha value is -2.50. The van der Waals surface area contributed by atoms with E-state index in [0.29, 0.717) is 12.8 Å². The lowest BCUT2D eigenvalue weighted by atomic mass is 10.0. The molecule has 180 valence electrons. The summed E-state index contributed by atoms with van der Waals surface area (Å²) >= 11 is 0. The van der Waals surface area contributed by atoms with Gasteiger partial charge in [0.05, 0.1) is 16.9 Å². The first-order valence-electron chi connectivity index (χ1n) is 12.2. The van der Waals surface area contributed by atoms with Crippen LogP contribution in [0.3, 0.4) is 0 Å². The number of carbonyl (C=O) groups excluding carboxylic acids is 1. The van der Waals surface area contributed by atoms with Crippen molar-refractivity contribution in [2.24, 2.45) is 0 Å². The van der Waals surface area contributed by atoms with Gasteiger partial charge in [0.2, 0.25) is 5.91 Å². The Bertz CT molecular complexity index is 887. The minimum absolute atomic E-state index is 0.0573. The van der Waals surface area contributed by atoms with E-state index in [2.05, 4.69) is 23.2 Å². The summed E-state index contributed by atoms with van der Waals surface area (Å²) in [4.78, 5) is 14.8. The Balaban J connectivity index is 1.68. The molecule has 1 fully saturated rings. The molecule has 0 atom stereocenters. The molecule has 2 aromatic carbocycles. The molecule has 0 aromatic heterocycles. The number of hydrogen-bond donors (Lipinski definition) is 1. The number of halogens is 3. The molecule has 1 N–H and O–H groups in total.